The van der Waals surface area contributed by atoms with Crippen LogP contribution in [-0.2, 0) is 4.79 Å². The van der Waals surface area contributed by atoms with Crippen molar-refractivity contribution < 1.29 is 13.9 Å². The van der Waals surface area contributed by atoms with Gasteiger partial charge >= 0.3 is 0 Å². The molecule has 0 fully saturated rings. The molecule has 1 atom stereocenters. The van der Waals surface area contributed by atoms with Crippen molar-refractivity contribution >= 4 is 34.6 Å². The van der Waals surface area contributed by atoms with Gasteiger partial charge in [0.25, 0.3) is 5.91 Å². The number of rotatable bonds is 2. The van der Waals surface area contributed by atoms with Gasteiger partial charge in [-0.15, -0.1) is 0 Å². The summed E-state index contributed by atoms with van der Waals surface area (Å²) in [6.45, 7) is 6.29. The predicted molar refractivity (Wildman–Crippen MR) is 105 cm³/mol. The topological polar surface area (TPSA) is 41.9 Å². The van der Waals surface area contributed by atoms with E-state index >= 15 is 0 Å². The summed E-state index contributed by atoms with van der Waals surface area (Å²) < 4.78 is 18.9. The first kappa shape index (κ1) is 18.0. The van der Waals surface area contributed by atoms with E-state index in [0.29, 0.717) is 17.1 Å². The second kappa shape index (κ2) is 6.06. The van der Waals surface area contributed by atoms with Gasteiger partial charge in [0.05, 0.1) is 23.5 Å². The number of carbonyl (C=O) groups is 1. The maximum Gasteiger partial charge on any atom is 0.278 e. The molecule has 6 heteroatoms. The molecule has 4 nitrogen and oxygen atoms in total. The Morgan fingerprint density at radius 3 is 2.70 bits per heavy atom. The SMILES string of the molecule is COc1cc2c3c(c1)[C@H](C)CC(C)(C)N3C(=O)C2=Nc1ccc(F)c(Cl)c1. The fourth-order valence-electron chi connectivity index (χ4n) is 4.20. The van der Waals surface area contributed by atoms with Crippen molar-refractivity contribution in [2.75, 3.05) is 12.0 Å². The lowest BCUT2D eigenvalue weighted by atomic mass is 9.80. The standard InChI is InChI=1S/C21H20ClFN2O2/c1-11-10-21(2,3)25-19-14(11)8-13(27-4)9-15(19)18(20(25)26)24-12-5-6-17(23)16(22)7-12/h5-9,11H,10H2,1-4H3/t11-/m1/s1. The summed E-state index contributed by atoms with van der Waals surface area (Å²) in [5, 5.41) is -0.0241. The monoisotopic (exact) mass is 386 g/mol. The Balaban J connectivity index is 1.96. The van der Waals surface area contributed by atoms with E-state index in [-0.39, 0.29) is 22.4 Å². The number of halogens is 2. The third kappa shape index (κ3) is 2.72. The van der Waals surface area contributed by atoms with Crippen molar-refractivity contribution in [3.63, 3.8) is 0 Å². The molecule has 2 aliphatic rings. The molecular weight excluding hydrogens is 367 g/mol. The van der Waals surface area contributed by atoms with Crippen molar-refractivity contribution in [2.45, 2.75) is 38.6 Å². The Hall–Kier alpha value is -2.40. The molecule has 1 amide bonds. The molecule has 0 bridgehead atoms. The molecule has 4 rings (SSSR count). The van der Waals surface area contributed by atoms with Crippen LogP contribution in [0.4, 0.5) is 15.8 Å². The van der Waals surface area contributed by atoms with Crippen LogP contribution in [0.2, 0.25) is 5.02 Å². The summed E-state index contributed by atoms with van der Waals surface area (Å²) >= 11 is 5.88. The predicted octanol–water partition coefficient (Wildman–Crippen LogP) is 5.24. The number of amides is 1. The lowest BCUT2D eigenvalue weighted by Crippen LogP contribution is -2.50. The van der Waals surface area contributed by atoms with Crippen LogP contribution in [0.15, 0.2) is 35.3 Å². The lowest BCUT2D eigenvalue weighted by molar-refractivity contribution is -0.113. The van der Waals surface area contributed by atoms with E-state index in [0.717, 1.165) is 23.2 Å². The highest BCUT2D eigenvalue weighted by Gasteiger charge is 2.48. The average Bonchev–Trinajstić information content (AvgIpc) is 2.89. The van der Waals surface area contributed by atoms with Gasteiger partial charge in [-0.1, -0.05) is 18.5 Å². The number of carbonyl (C=O) groups excluding carboxylic acids is 1. The molecular formula is C21H20ClFN2O2. The number of benzene rings is 2. The van der Waals surface area contributed by atoms with E-state index in [2.05, 4.69) is 25.8 Å². The third-order valence-electron chi connectivity index (χ3n) is 5.32. The number of aliphatic imine (C=N–C) groups is 1. The minimum absolute atomic E-state index is 0.0241. The summed E-state index contributed by atoms with van der Waals surface area (Å²) in [7, 11) is 1.61. The molecule has 27 heavy (non-hydrogen) atoms. The number of ether oxygens (including phenoxy) is 1. The van der Waals surface area contributed by atoms with Gasteiger partial charge in [0.1, 0.15) is 17.3 Å². The van der Waals surface area contributed by atoms with E-state index in [4.69, 9.17) is 16.3 Å². The van der Waals surface area contributed by atoms with Gasteiger partial charge in [-0.25, -0.2) is 9.38 Å². The summed E-state index contributed by atoms with van der Waals surface area (Å²) in [5.74, 6) is 0.302. The highest BCUT2D eigenvalue weighted by molar-refractivity contribution is 6.55. The lowest BCUT2D eigenvalue weighted by Gasteiger charge is -2.43. The largest absolute Gasteiger partial charge is 0.497 e. The van der Waals surface area contributed by atoms with Crippen LogP contribution in [0.5, 0.6) is 5.75 Å². The van der Waals surface area contributed by atoms with Gasteiger partial charge in [0.15, 0.2) is 0 Å². The van der Waals surface area contributed by atoms with Crippen LogP contribution >= 0.6 is 11.6 Å². The van der Waals surface area contributed by atoms with Gasteiger partial charge in [-0.05, 0) is 62.1 Å². The second-order valence-electron chi connectivity index (χ2n) is 7.73. The quantitative estimate of drug-likeness (QED) is 0.708. The van der Waals surface area contributed by atoms with Crippen LogP contribution in [-0.4, -0.2) is 24.3 Å². The van der Waals surface area contributed by atoms with Gasteiger partial charge in [-0.2, -0.15) is 0 Å². The number of hydrogen-bond acceptors (Lipinski definition) is 3. The minimum Gasteiger partial charge on any atom is -0.497 e. The molecule has 2 aliphatic heterocycles. The van der Waals surface area contributed by atoms with Crippen molar-refractivity contribution in [1.29, 1.82) is 0 Å². The molecule has 0 aromatic heterocycles. The first-order valence-electron chi connectivity index (χ1n) is 8.83. The van der Waals surface area contributed by atoms with E-state index in [1.54, 1.807) is 7.11 Å². The molecule has 0 saturated heterocycles. The number of anilines is 1. The Morgan fingerprint density at radius 2 is 2.04 bits per heavy atom. The van der Waals surface area contributed by atoms with E-state index in [1.807, 2.05) is 17.0 Å². The van der Waals surface area contributed by atoms with Gasteiger partial charge < -0.3 is 9.64 Å². The zero-order valence-corrected chi connectivity index (χ0v) is 16.4. The molecule has 0 aliphatic carbocycles. The number of nitrogens with zero attached hydrogens (tertiary/aromatic N) is 2. The van der Waals surface area contributed by atoms with Crippen molar-refractivity contribution in [2.24, 2.45) is 4.99 Å². The van der Waals surface area contributed by atoms with Crippen LogP contribution in [0, 0.1) is 5.82 Å². The van der Waals surface area contributed by atoms with E-state index in [9.17, 15) is 9.18 Å². The fourth-order valence-corrected chi connectivity index (χ4v) is 4.37. The van der Waals surface area contributed by atoms with Crippen LogP contribution in [0.1, 0.15) is 44.2 Å². The first-order valence-corrected chi connectivity index (χ1v) is 9.21. The molecule has 2 aromatic rings. The zero-order valence-electron chi connectivity index (χ0n) is 15.6. The zero-order chi connectivity index (χ0) is 19.5. The normalized spacial score (nSPS) is 21.6. The summed E-state index contributed by atoms with van der Waals surface area (Å²) in [4.78, 5) is 19.7. The molecule has 0 spiro atoms. The van der Waals surface area contributed by atoms with Crippen LogP contribution in [0.25, 0.3) is 0 Å². The Kier molecular flexibility index (Phi) is 4.04. The maximum absolute atomic E-state index is 13.5. The van der Waals surface area contributed by atoms with E-state index in [1.165, 1.54) is 18.2 Å². The van der Waals surface area contributed by atoms with Gasteiger partial charge in [0.2, 0.25) is 0 Å². The van der Waals surface area contributed by atoms with Gasteiger partial charge in [0, 0.05) is 11.1 Å². The maximum atomic E-state index is 13.5. The molecule has 2 aromatic carbocycles. The Morgan fingerprint density at radius 1 is 1.30 bits per heavy atom. The molecule has 2 heterocycles. The third-order valence-corrected chi connectivity index (χ3v) is 5.61. The smallest absolute Gasteiger partial charge is 0.278 e. The van der Waals surface area contributed by atoms with Crippen LogP contribution < -0.4 is 9.64 Å². The number of methoxy groups -OCH3 is 1. The second-order valence-corrected chi connectivity index (χ2v) is 8.14. The van der Waals surface area contributed by atoms with Crippen LogP contribution in [0.3, 0.4) is 0 Å². The highest BCUT2D eigenvalue weighted by Crippen LogP contribution is 2.50. The average molecular weight is 387 g/mol. The van der Waals surface area contributed by atoms with Crippen molar-refractivity contribution in [3.8, 4) is 5.75 Å². The molecule has 0 unspecified atom stereocenters. The van der Waals surface area contributed by atoms with Gasteiger partial charge in [-0.3, -0.25) is 4.79 Å². The summed E-state index contributed by atoms with van der Waals surface area (Å²) in [6, 6.07) is 8.03. The molecule has 0 N–H and O–H groups in total. The van der Waals surface area contributed by atoms with Crippen molar-refractivity contribution in [1.82, 2.24) is 0 Å². The highest BCUT2D eigenvalue weighted by atomic mass is 35.5. The summed E-state index contributed by atoms with van der Waals surface area (Å²) in [6.07, 6.45) is 0.841. The summed E-state index contributed by atoms with van der Waals surface area (Å²) in [5.41, 5.74) is 3.16. The molecule has 0 saturated carbocycles. The van der Waals surface area contributed by atoms with E-state index < -0.39 is 5.82 Å². The Labute approximate surface area is 162 Å². The fraction of sp³-hybridized carbons (Fsp3) is 0.333. The number of hydrogen-bond donors (Lipinski definition) is 0. The first-order chi connectivity index (χ1) is 12.7. The molecule has 140 valence electrons. The Bertz CT molecular complexity index is 1000. The molecule has 0 radical (unpaired) electrons. The minimum atomic E-state index is -0.516. The van der Waals surface area contributed by atoms with Crippen molar-refractivity contribution in [3.05, 3.63) is 52.3 Å².